The Kier molecular flexibility index (Phi) is 4.95. The van der Waals surface area contributed by atoms with E-state index in [0.717, 1.165) is 4.88 Å². The minimum atomic E-state index is -1.50. The van der Waals surface area contributed by atoms with Gasteiger partial charge in [-0.15, -0.1) is 11.3 Å². The van der Waals surface area contributed by atoms with Gasteiger partial charge >= 0.3 is 0 Å². The molecule has 1 aliphatic carbocycles. The second-order valence-corrected chi connectivity index (χ2v) is 10.4. The number of hydrogen-bond donors (Lipinski definition) is 2. The van der Waals surface area contributed by atoms with E-state index >= 15 is 0 Å². The molecule has 0 bridgehead atoms. The number of benzene rings is 1. The van der Waals surface area contributed by atoms with E-state index in [9.17, 15) is 19.8 Å². The van der Waals surface area contributed by atoms with Gasteiger partial charge in [-0.3, -0.25) is 14.5 Å². The lowest BCUT2D eigenvalue weighted by molar-refractivity contribution is -0.276. The summed E-state index contributed by atoms with van der Waals surface area (Å²) in [7, 11) is 0. The highest BCUT2D eigenvalue weighted by atomic mass is 32.1. The number of thiophene rings is 1. The maximum absolute atomic E-state index is 13.4. The van der Waals surface area contributed by atoms with Gasteiger partial charge in [0.15, 0.2) is 5.79 Å². The van der Waals surface area contributed by atoms with Crippen molar-refractivity contribution in [3.05, 3.63) is 52.2 Å². The summed E-state index contributed by atoms with van der Waals surface area (Å²) >= 11 is 1.52. The molecule has 5 rings (SSSR count). The number of imide groups is 1. The van der Waals surface area contributed by atoms with Gasteiger partial charge in [0.1, 0.15) is 5.75 Å². The van der Waals surface area contributed by atoms with E-state index in [1.54, 1.807) is 18.2 Å². The molecule has 3 aliphatic rings. The van der Waals surface area contributed by atoms with Crippen LogP contribution >= 0.6 is 11.3 Å². The Balaban J connectivity index is 1.51. The number of phenols is 1. The van der Waals surface area contributed by atoms with Crippen molar-refractivity contribution in [1.29, 1.82) is 0 Å². The third kappa shape index (κ3) is 3.13. The summed E-state index contributed by atoms with van der Waals surface area (Å²) < 4.78 is 6.24. The number of hydrogen-bond acceptors (Lipinski definition) is 6. The first-order valence-corrected chi connectivity index (χ1v) is 11.7. The second-order valence-electron chi connectivity index (χ2n) is 9.32. The van der Waals surface area contributed by atoms with Crippen LogP contribution in [0.4, 0.5) is 0 Å². The summed E-state index contributed by atoms with van der Waals surface area (Å²) in [6, 6.07) is 10.8. The highest BCUT2D eigenvalue weighted by Gasteiger charge is 2.67. The van der Waals surface area contributed by atoms with E-state index < -0.39 is 29.6 Å². The molecule has 7 heteroatoms. The zero-order chi connectivity index (χ0) is 21.9. The van der Waals surface area contributed by atoms with E-state index in [4.69, 9.17) is 4.74 Å². The molecule has 6 nitrogen and oxygen atoms in total. The maximum atomic E-state index is 13.4. The Morgan fingerprint density at radius 3 is 2.61 bits per heavy atom. The largest absolute Gasteiger partial charge is 0.508 e. The van der Waals surface area contributed by atoms with Gasteiger partial charge in [0.05, 0.1) is 24.5 Å². The van der Waals surface area contributed by atoms with Gasteiger partial charge < -0.3 is 14.9 Å². The molecule has 2 saturated heterocycles. The third-order valence-corrected chi connectivity index (χ3v) is 8.21. The lowest BCUT2D eigenvalue weighted by atomic mass is 9.62. The van der Waals surface area contributed by atoms with Gasteiger partial charge in [-0.05, 0) is 36.3 Å². The number of ether oxygens (including phenoxy) is 1. The number of aliphatic hydroxyl groups is 1. The molecule has 2 aromatic rings. The fraction of sp³-hybridized carbons (Fsp3) is 0.500. The molecule has 31 heavy (non-hydrogen) atoms. The minimum absolute atomic E-state index is 0.0748. The smallest absolute Gasteiger partial charge is 0.233 e. The van der Waals surface area contributed by atoms with Crippen molar-refractivity contribution in [1.82, 2.24) is 4.90 Å². The monoisotopic (exact) mass is 441 g/mol. The van der Waals surface area contributed by atoms with E-state index in [2.05, 4.69) is 0 Å². The van der Waals surface area contributed by atoms with Gasteiger partial charge in [0, 0.05) is 22.3 Å². The molecule has 3 heterocycles. The molecule has 164 valence electrons. The van der Waals surface area contributed by atoms with Crippen LogP contribution in [0.5, 0.6) is 5.75 Å². The number of carbonyl (C=O) groups excluding carboxylic acids is 2. The minimum Gasteiger partial charge on any atom is -0.508 e. The van der Waals surface area contributed by atoms with Crippen molar-refractivity contribution in [2.75, 3.05) is 0 Å². The van der Waals surface area contributed by atoms with Crippen LogP contribution in [0.25, 0.3) is 0 Å². The molecule has 0 spiro atoms. The molecule has 0 radical (unpaired) electrons. The van der Waals surface area contributed by atoms with Crippen LogP contribution in [0, 0.1) is 29.6 Å². The fourth-order valence-electron chi connectivity index (χ4n) is 5.90. The molecular weight excluding hydrogens is 414 g/mol. The van der Waals surface area contributed by atoms with Crippen LogP contribution in [-0.2, 0) is 20.9 Å². The quantitative estimate of drug-likeness (QED) is 0.707. The van der Waals surface area contributed by atoms with E-state index in [-0.39, 0.29) is 35.9 Å². The van der Waals surface area contributed by atoms with Crippen molar-refractivity contribution in [2.24, 2.45) is 29.6 Å². The van der Waals surface area contributed by atoms with E-state index in [0.29, 0.717) is 18.4 Å². The van der Waals surface area contributed by atoms with Gasteiger partial charge in [0.25, 0.3) is 0 Å². The molecule has 1 aromatic heterocycles. The Morgan fingerprint density at radius 1 is 1.16 bits per heavy atom. The van der Waals surface area contributed by atoms with Crippen LogP contribution in [-0.4, -0.2) is 32.7 Å². The van der Waals surface area contributed by atoms with Crippen LogP contribution < -0.4 is 0 Å². The highest BCUT2D eigenvalue weighted by molar-refractivity contribution is 7.09. The average molecular weight is 442 g/mol. The summed E-state index contributed by atoms with van der Waals surface area (Å²) in [5.74, 6) is -3.46. The summed E-state index contributed by atoms with van der Waals surface area (Å²) in [5, 5.41) is 24.0. The topological polar surface area (TPSA) is 87.1 Å². The molecule has 1 saturated carbocycles. The molecule has 2 aliphatic heterocycles. The Labute approximate surface area is 185 Å². The van der Waals surface area contributed by atoms with Crippen molar-refractivity contribution in [2.45, 2.75) is 45.1 Å². The lowest BCUT2D eigenvalue weighted by Gasteiger charge is -2.46. The summed E-state index contributed by atoms with van der Waals surface area (Å²) in [6.07, 6.45) is 0.295. The van der Waals surface area contributed by atoms with Crippen molar-refractivity contribution in [3.63, 3.8) is 0 Å². The number of rotatable bonds is 4. The third-order valence-electron chi connectivity index (χ3n) is 7.35. The van der Waals surface area contributed by atoms with Gasteiger partial charge in [0.2, 0.25) is 11.8 Å². The summed E-state index contributed by atoms with van der Waals surface area (Å²) in [4.78, 5) is 29.1. The maximum Gasteiger partial charge on any atom is 0.233 e. The molecule has 3 fully saturated rings. The zero-order valence-corrected chi connectivity index (χ0v) is 18.4. The molecule has 2 N–H and O–H groups in total. The fourth-order valence-corrected chi connectivity index (χ4v) is 6.59. The molecule has 1 aromatic carbocycles. The Hall–Kier alpha value is -2.22. The van der Waals surface area contributed by atoms with Crippen molar-refractivity contribution >= 4 is 23.2 Å². The number of likely N-dealkylation sites (tertiary alicyclic amines) is 1. The van der Waals surface area contributed by atoms with Crippen LogP contribution in [0.2, 0.25) is 0 Å². The number of carbonyl (C=O) groups is 2. The number of phenolic OH excluding ortho intramolecular Hbond substituents is 1. The average Bonchev–Trinajstić information content (AvgIpc) is 3.42. The number of fused-ring (bicyclic) bond motifs is 3. The normalized spacial score (nSPS) is 35.0. The number of amides is 2. The standard InChI is InChI=1S/C24H27NO5S/c1-13(2)17-10-16-21(23(28)25(22(16)27)12-14-6-5-9-31-14)18-11-20(30-24(17,18)29)15-7-3-4-8-19(15)26/h3-9,13,16-18,20-21,26,29H,10-12H2,1-2H3/t16-,17+,18-,20-,21-,24+/m0/s1. The zero-order valence-electron chi connectivity index (χ0n) is 17.6. The predicted molar refractivity (Wildman–Crippen MR) is 115 cm³/mol. The Bertz CT molecular complexity index is 1010. The van der Waals surface area contributed by atoms with Crippen LogP contribution in [0.3, 0.4) is 0 Å². The number of nitrogens with zero attached hydrogens (tertiary/aromatic N) is 1. The van der Waals surface area contributed by atoms with E-state index in [1.165, 1.54) is 16.2 Å². The van der Waals surface area contributed by atoms with Gasteiger partial charge in [-0.2, -0.15) is 0 Å². The van der Waals surface area contributed by atoms with Gasteiger partial charge in [-0.1, -0.05) is 38.1 Å². The predicted octanol–water partition coefficient (Wildman–Crippen LogP) is 3.70. The number of aromatic hydroxyl groups is 1. The molecular formula is C24H27NO5S. The van der Waals surface area contributed by atoms with Gasteiger partial charge in [-0.25, -0.2) is 0 Å². The molecule has 2 amide bonds. The summed E-state index contributed by atoms with van der Waals surface area (Å²) in [5.41, 5.74) is 0.608. The van der Waals surface area contributed by atoms with Crippen molar-refractivity contribution in [3.8, 4) is 5.75 Å². The lowest BCUT2D eigenvalue weighted by Crippen LogP contribution is -2.55. The first-order valence-electron chi connectivity index (χ1n) is 10.9. The molecule has 6 atom stereocenters. The highest BCUT2D eigenvalue weighted by Crippen LogP contribution is 2.60. The first kappa shape index (κ1) is 20.7. The van der Waals surface area contributed by atoms with Crippen molar-refractivity contribution < 1.29 is 24.5 Å². The van der Waals surface area contributed by atoms with E-state index in [1.807, 2.05) is 37.4 Å². The van der Waals surface area contributed by atoms with Crippen LogP contribution in [0.15, 0.2) is 41.8 Å². The first-order chi connectivity index (χ1) is 14.8. The second kappa shape index (κ2) is 7.43. The molecule has 0 unspecified atom stereocenters. The Morgan fingerprint density at radius 2 is 1.94 bits per heavy atom. The summed E-state index contributed by atoms with van der Waals surface area (Å²) in [6.45, 7) is 4.31. The van der Waals surface area contributed by atoms with Crippen LogP contribution in [0.1, 0.15) is 43.2 Å². The SMILES string of the molecule is CC(C)[C@H]1C[C@@H]2C(=O)N(Cc3cccs3)C(=O)[C@@H]2[C@@H]2C[C@@H](c3ccccc3O)O[C@]12O. The number of para-hydroxylation sites is 1.